The van der Waals surface area contributed by atoms with Crippen LogP contribution in [0.4, 0.5) is 18.9 Å². The first-order chi connectivity index (χ1) is 13.2. The van der Waals surface area contributed by atoms with E-state index >= 15 is 0 Å². The number of carbonyl (C=O) groups is 1. The van der Waals surface area contributed by atoms with Crippen molar-refractivity contribution in [3.63, 3.8) is 0 Å². The minimum atomic E-state index is -4.57. The molecule has 0 radical (unpaired) electrons. The topological polar surface area (TPSA) is 48.1 Å². The molecule has 11 heteroatoms. The number of anilines is 1. The van der Waals surface area contributed by atoms with Crippen LogP contribution in [0.5, 0.6) is 0 Å². The third kappa shape index (κ3) is 5.47. The maximum absolute atomic E-state index is 12.9. The van der Waals surface area contributed by atoms with Gasteiger partial charge in [-0.05, 0) is 30.4 Å². The van der Waals surface area contributed by atoms with Gasteiger partial charge in [-0.25, -0.2) is 0 Å². The van der Waals surface area contributed by atoms with Crippen LogP contribution in [0.1, 0.15) is 5.56 Å². The maximum atomic E-state index is 12.9. The molecule has 3 rings (SSSR count). The molecule has 0 unspecified atom stereocenters. The fraction of sp³-hybridized carbons (Fsp3) is 0.529. The lowest BCUT2D eigenvalue weighted by atomic mass is 10.2. The summed E-state index contributed by atoms with van der Waals surface area (Å²) in [4.78, 5) is 18.4. The third-order valence-electron chi connectivity index (χ3n) is 4.60. The average Bonchev–Trinajstić information content (AvgIpc) is 3.02. The Labute approximate surface area is 171 Å². The van der Waals surface area contributed by atoms with Crippen molar-refractivity contribution in [2.24, 2.45) is 0 Å². The molecule has 2 aliphatic rings. The maximum Gasteiger partial charge on any atom is 0.417 e. The molecule has 0 saturated carbocycles. The van der Waals surface area contributed by atoms with Gasteiger partial charge in [0.25, 0.3) is 5.17 Å². The van der Waals surface area contributed by atoms with Gasteiger partial charge in [-0.3, -0.25) is 14.6 Å². The monoisotopic (exact) mass is 436 g/mol. The Morgan fingerprint density at radius 3 is 2.46 bits per heavy atom. The predicted molar refractivity (Wildman–Crippen MR) is 103 cm³/mol. The molecule has 0 bridgehead atoms. The van der Waals surface area contributed by atoms with E-state index in [9.17, 15) is 18.0 Å². The Hall–Kier alpha value is -1.62. The van der Waals surface area contributed by atoms with Gasteiger partial charge in [0.15, 0.2) is 0 Å². The summed E-state index contributed by atoms with van der Waals surface area (Å²) in [5.41, 5.74) is -0.896. The molecule has 2 heterocycles. The number of hydrogen-bond donors (Lipinski definition) is 1. The van der Waals surface area contributed by atoms with E-state index in [4.69, 9.17) is 28.6 Å². The van der Waals surface area contributed by atoms with E-state index in [1.807, 2.05) is 9.80 Å². The highest BCUT2D eigenvalue weighted by Crippen LogP contribution is 2.36. The fourth-order valence-corrected chi connectivity index (χ4v) is 3.57. The number of alkyl halides is 3. The Balaban J connectivity index is 1.46. The Morgan fingerprint density at radius 1 is 1.18 bits per heavy atom. The number of ether oxygens (including phenoxy) is 1. The van der Waals surface area contributed by atoms with E-state index < -0.39 is 16.8 Å². The zero-order chi connectivity index (χ0) is 20.3. The average molecular weight is 437 g/mol. The molecule has 2 fully saturated rings. The van der Waals surface area contributed by atoms with E-state index in [-0.39, 0.29) is 18.1 Å². The van der Waals surface area contributed by atoms with Crippen molar-refractivity contribution in [1.29, 1.82) is 0 Å². The highest BCUT2D eigenvalue weighted by atomic mass is 35.5. The van der Waals surface area contributed by atoms with E-state index in [2.05, 4.69) is 10.2 Å². The molecule has 0 spiro atoms. The van der Waals surface area contributed by atoms with E-state index in [0.717, 1.165) is 31.8 Å². The van der Waals surface area contributed by atoms with Crippen LogP contribution in [0.15, 0.2) is 18.2 Å². The number of piperazine rings is 1. The molecule has 0 atom stereocenters. The van der Waals surface area contributed by atoms with Gasteiger partial charge in [-0.15, -0.1) is 0 Å². The number of thiocarbonyl (C=S) groups is 1. The molecule has 0 aromatic heterocycles. The molecule has 0 aliphatic carbocycles. The predicted octanol–water partition coefficient (Wildman–Crippen LogP) is 2.49. The van der Waals surface area contributed by atoms with Gasteiger partial charge in [0, 0.05) is 31.9 Å². The molecule has 1 aromatic carbocycles. The molecule has 1 amide bonds. The van der Waals surface area contributed by atoms with Crippen LogP contribution in [0.3, 0.4) is 0 Å². The van der Waals surface area contributed by atoms with Crippen LogP contribution in [-0.4, -0.2) is 78.3 Å². The van der Waals surface area contributed by atoms with Gasteiger partial charge in [-0.1, -0.05) is 11.6 Å². The minimum Gasteiger partial charge on any atom is -0.469 e. The lowest BCUT2D eigenvalue weighted by Crippen LogP contribution is -2.51. The minimum absolute atomic E-state index is 0.0721. The second-order valence-corrected chi connectivity index (χ2v) is 7.41. The number of carbonyl (C=O) groups excluding carboxylic acids is 1. The van der Waals surface area contributed by atoms with Crippen molar-refractivity contribution < 1.29 is 22.7 Å². The molecule has 1 aromatic rings. The van der Waals surface area contributed by atoms with Crippen LogP contribution in [-0.2, 0) is 15.7 Å². The largest absolute Gasteiger partial charge is 0.469 e. The van der Waals surface area contributed by atoms with E-state index in [0.29, 0.717) is 31.5 Å². The first-order valence-corrected chi connectivity index (χ1v) is 9.54. The van der Waals surface area contributed by atoms with Gasteiger partial charge in [0.1, 0.15) is 6.61 Å². The fourth-order valence-electron chi connectivity index (χ4n) is 3.11. The summed E-state index contributed by atoms with van der Waals surface area (Å²) < 4.78 is 44.0. The SMILES string of the molecule is O=C(CN1CCN(CN2CCOC2=S)CC1)Nc1ccc(Cl)c(C(F)(F)F)c1. The lowest BCUT2D eigenvalue weighted by Gasteiger charge is -2.36. The van der Waals surface area contributed by atoms with Gasteiger partial charge < -0.3 is 15.0 Å². The van der Waals surface area contributed by atoms with Crippen molar-refractivity contribution in [2.75, 3.05) is 57.9 Å². The zero-order valence-corrected chi connectivity index (χ0v) is 16.5. The third-order valence-corrected chi connectivity index (χ3v) is 5.31. The van der Waals surface area contributed by atoms with Crippen molar-refractivity contribution in [2.45, 2.75) is 6.18 Å². The lowest BCUT2D eigenvalue weighted by molar-refractivity contribution is -0.137. The molecule has 154 valence electrons. The number of halogens is 4. The normalized spacial score (nSPS) is 19.0. The van der Waals surface area contributed by atoms with Crippen LogP contribution >= 0.6 is 23.8 Å². The molecule has 28 heavy (non-hydrogen) atoms. The second-order valence-electron chi connectivity index (χ2n) is 6.65. The standard InChI is InChI=1S/C17H20ClF3N4O2S/c18-14-2-1-12(9-13(14)17(19,20)21)22-15(26)10-23-3-5-24(6-4-23)11-25-7-8-27-16(25)28/h1-2,9H,3-8,10-11H2,(H,22,26). The second kappa shape index (κ2) is 8.81. The number of nitrogens with zero attached hydrogens (tertiary/aromatic N) is 3. The Bertz CT molecular complexity index is 742. The van der Waals surface area contributed by atoms with Crippen molar-refractivity contribution >= 4 is 40.6 Å². The van der Waals surface area contributed by atoms with Crippen molar-refractivity contribution in [3.8, 4) is 0 Å². The number of rotatable bonds is 5. The first kappa shape index (κ1) is 21.1. The first-order valence-electron chi connectivity index (χ1n) is 8.75. The van der Waals surface area contributed by atoms with E-state index in [1.165, 1.54) is 6.07 Å². The molecule has 1 N–H and O–H groups in total. The number of hydrogen-bond acceptors (Lipinski definition) is 5. The van der Waals surface area contributed by atoms with Crippen LogP contribution < -0.4 is 5.32 Å². The summed E-state index contributed by atoms with van der Waals surface area (Å²) in [5.74, 6) is -0.363. The van der Waals surface area contributed by atoms with Crippen LogP contribution in [0.2, 0.25) is 5.02 Å². The quantitative estimate of drug-likeness (QED) is 0.716. The van der Waals surface area contributed by atoms with Gasteiger partial charge in [0.2, 0.25) is 5.91 Å². The summed E-state index contributed by atoms with van der Waals surface area (Å²) in [6.45, 7) is 5.11. The highest BCUT2D eigenvalue weighted by Gasteiger charge is 2.33. The number of nitrogens with one attached hydrogen (secondary N) is 1. The smallest absolute Gasteiger partial charge is 0.417 e. The summed E-state index contributed by atoms with van der Waals surface area (Å²) in [6.07, 6.45) is -4.57. The number of amides is 1. The zero-order valence-electron chi connectivity index (χ0n) is 15.0. The molecular formula is C17H20ClF3N4O2S. The highest BCUT2D eigenvalue weighted by molar-refractivity contribution is 7.80. The Kier molecular flexibility index (Phi) is 6.64. The molecule has 2 saturated heterocycles. The van der Waals surface area contributed by atoms with Gasteiger partial charge in [-0.2, -0.15) is 13.2 Å². The van der Waals surface area contributed by atoms with E-state index in [1.54, 1.807) is 0 Å². The number of benzene rings is 1. The van der Waals surface area contributed by atoms with Gasteiger partial charge >= 0.3 is 6.18 Å². The summed E-state index contributed by atoms with van der Waals surface area (Å²) in [5, 5.41) is 2.63. The van der Waals surface area contributed by atoms with Crippen molar-refractivity contribution in [1.82, 2.24) is 14.7 Å². The molecule has 6 nitrogen and oxygen atoms in total. The summed E-state index contributed by atoms with van der Waals surface area (Å²) >= 11 is 10.7. The van der Waals surface area contributed by atoms with Crippen molar-refractivity contribution in [3.05, 3.63) is 28.8 Å². The molecule has 2 aliphatic heterocycles. The van der Waals surface area contributed by atoms with Crippen LogP contribution in [0.25, 0.3) is 0 Å². The Morgan fingerprint density at radius 2 is 1.86 bits per heavy atom. The van der Waals surface area contributed by atoms with Crippen LogP contribution in [0, 0.1) is 0 Å². The van der Waals surface area contributed by atoms with Gasteiger partial charge in [0.05, 0.1) is 30.3 Å². The summed E-state index contributed by atoms with van der Waals surface area (Å²) in [7, 11) is 0. The molecular weight excluding hydrogens is 417 g/mol. The summed E-state index contributed by atoms with van der Waals surface area (Å²) in [6, 6.07) is 3.33.